The van der Waals surface area contributed by atoms with Gasteiger partial charge in [0.05, 0.1) is 13.2 Å². The van der Waals surface area contributed by atoms with Gasteiger partial charge in [-0.05, 0) is 65.7 Å². The molecule has 0 radical (unpaired) electrons. The molecule has 2 bridgehead atoms. The fourth-order valence-corrected chi connectivity index (χ4v) is 8.11. The highest BCUT2D eigenvalue weighted by Gasteiger charge is 2.68. The lowest BCUT2D eigenvalue weighted by Crippen LogP contribution is -2.57. The maximum atomic E-state index is 6.27. The van der Waals surface area contributed by atoms with Gasteiger partial charge in [-0.25, -0.2) is 0 Å². The van der Waals surface area contributed by atoms with Crippen LogP contribution in [0.3, 0.4) is 0 Å². The summed E-state index contributed by atoms with van der Waals surface area (Å²) in [4.78, 5) is 0. The summed E-state index contributed by atoms with van der Waals surface area (Å²) >= 11 is 3.90. The van der Waals surface area contributed by atoms with Crippen molar-refractivity contribution < 1.29 is 9.47 Å². The first-order valence-electron chi connectivity index (χ1n) is 9.30. The molecule has 0 aromatic carbocycles. The Balaban J connectivity index is 1.61. The second-order valence-corrected chi connectivity index (χ2v) is 9.86. The highest BCUT2D eigenvalue weighted by Crippen LogP contribution is 2.72. The second-order valence-electron chi connectivity index (χ2n) is 8.94. The van der Waals surface area contributed by atoms with Crippen molar-refractivity contribution in [3.05, 3.63) is 22.7 Å². The summed E-state index contributed by atoms with van der Waals surface area (Å²) in [6, 6.07) is 0. The van der Waals surface area contributed by atoms with Gasteiger partial charge in [0.1, 0.15) is 0 Å². The van der Waals surface area contributed by atoms with Crippen molar-refractivity contribution in [2.75, 3.05) is 13.2 Å². The summed E-state index contributed by atoms with van der Waals surface area (Å²) in [6.45, 7) is 8.53. The van der Waals surface area contributed by atoms with E-state index in [0.717, 1.165) is 19.6 Å². The first-order valence-corrected chi connectivity index (χ1v) is 10.1. The highest BCUT2D eigenvalue weighted by molar-refractivity contribution is 9.11. The number of ether oxygens (including phenoxy) is 2. The summed E-state index contributed by atoms with van der Waals surface area (Å²) in [5.74, 6) is 1.48. The fourth-order valence-electron chi connectivity index (χ4n) is 7.13. The zero-order chi connectivity index (χ0) is 15.9. The number of hydrogen-bond acceptors (Lipinski definition) is 2. The Bertz CT molecular complexity index is 590. The number of fused-ring (bicyclic) bond motifs is 4. The van der Waals surface area contributed by atoms with E-state index >= 15 is 0 Å². The maximum absolute atomic E-state index is 6.27. The van der Waals surface area contributed by atoms with Crippen molar-refractivity contribution in [2.24, 2.45) is 28.6 Å². The quantitative estimate of drug-likeness (QED) is 0.539. The van der Waals surface area contributed by atoms with Gasteiger partial charge in [-0.15, -0.1) is 0 Å². The van der Waals surface area contributed by atoms with Crippen LogP contribution in [0.5, 0.6) is 0 Å². The summed E-state index contributed by atoms with van der Waals surface area (Å²) < 4.78 is 14.0. The molecule has 23 heavy (non-hydrogen) atoms. The molecule has 2 spiro atoms. The van der Waals surface area contributed by atoms with Crippen molar-refractivity contribution in [3.63, 3.8) is 0 Å². The van der Waals surface area contributed by atoms with Crippen LogP contribution in [0.15, 0.2) is 22.7 Å². The van der Waals surface area contributed by atoms with Crippen LogP contribution in [0.2, 0.25) is 0 Å². The van der Waals surface area contributed by atoms with Crippen LogP contribution in [0.1, 0.15) is 51.9 Å². The monoisotopic (exact) mass is 378 g/mol. The second kappa shape index (κ2) is 4.74. The molecule has 0 amide bonds. The smallest absolute Gasteiger partial charge is 0.175 e. The molecule has 3 saturated carbocycles. The van der Waals surface area contributed by atoms with Gasteiger partial charge in [0.25, 0.3) is 0 Å². The summed E-state index contributed by atoms with van der Waals surface area (Å²) in [7, 11) is 0. The van der Waals surface area contributed by atoms with Crippen LogP contribution < -0.4 is 0 Å². The van der Waals surface area contributed by atoms with Crippen molar-refractivity contribution in [3.8, 4) is 0 Å². The summed E-state index contributed by atoms with van der Waals surface area (Å²) in [6.07, 6.45) is 11.2. The molecule has 1 heterocycles. The van der Waals surface area contributed by atoms with Crippen LogP contribution in [-0.2, 0) is 9.47 Å². The molecule has 0 aromatic heterocycles. The third-order valence-corrected chi connectivity index (χ3v) is 8.97. The lowest BCUT2D eigenvalue weighted by molar-refractivity contribution is -0.245. The van der Waals surface area contributed by atoms with E-state index in [2.05, 4.69) is 35.5 Å². The molecule has 4 aliphatic carbocycles. The van der Waals surface area contributed by atoms with Gasteiger partial charge in [0.15, 0.2) is 5.79 Å². The third-order valence-electron chi connectivity index (χ3n) is 8.10. The van der Waals surface area contributed by atoms with Gasteiger partial charge >= 0.3 is 0 Å². The minimum absolute atomic E-state index is 0.347. The number of halogens is 1. The minimum atomic E-state index is -0.347. The Kier molecular flexibility index (Phi) is 3.12. The molecular weight excluding hydrogens is 352 g/mol. The number of allylic oxidation sites excluding steroid dienone is 2. The Morgan fingerprint density at radius 2 is 1.96 bits per heavy atom. The van der Waals surface area contributed by atoms with Crippen molar-refractivity contribution in [2.45, 2.75) is 57.7 Å². The zero-order valence-electron chi connectivity index (χ0n) is 14.1. The predicted octanol–water partition coefficient (Wildman–Crippen LogP) is 5.19. The average Bonchev–Trinajstić information content (AvgIpc) is 3.07. The highest BCUT2D eigenvalue weighted by atomic mass is 79.9. The molecule has 5 atom stereocenters. The van der Waals surface area contributed by atoms with E-state index in [9.17, 15) is 0 Å². The normalized spacial score (nSPS) is 50.6. The van der Waals surface area contributed by atoms with Gasteiger partial charge in [0, 0.05) is 12.3 Å². The minimum Gasteiger partial charge on any atom is -0.347 e. The van der Waals surface area contributed by atoms with Gasteiger partial charge in [-0.3, -0.25) is 0 Å². The summed E-state index contributed by atoms with van der Waals surface area (Å²) in [5, 5.41) is 0. The van der Waals surface area contributed by atoms with E-state index in [0.29, 0.717) is 28.6 Å². The lowest BCUT2D eigenvalue weighted by Gasteiger charge is -2.61. The van der Waals surface area contributed by atoms with E-state index in [1.54, 1.807) is 0 Å². The topological polar surface area (TPSA) is 18.5 Å². The predicted molar refractivity (Wildman–Crippen MR) is 94.1 cm³/mol. The molecular formula is C20H27BrO2. The van der Waals surface area contributed by atoms with Crippen LogP contribution in [-0.4, -0.2) is 19.0 Å². The van der Waals surface area contributed by atoms with E-state index in [-0.39, 0.29) is 5.79 Å². The van der Waals surface area contributed by atoms with E-state index in [4.69, 9.17) is 9.47 Å². The van der Waals surface area contributed by atoms with Crippen LogP contribution in [0.25, 0.3) is 0 Å². The first-order chi connectivity index (χ1) is 11.0. The van der Waals surface area contributed by atoms with Gasteiger partial charge in [-0.1, -0.05) is 41.1 Å². The third kappa shape index (κ3) is 1.82. The van der Waals surface area contributed by atoms with Crippen molar-refractivity contribution in [1.29, 1.82) is 0 Å². The number of rotatable bonds is 0. The molecule has 5 rings (SSSR count). The van der Waals surface area contributed by atoms with E-state index < -0.39 is 0 Å². The Labute approximate surface area is 147 Å². The van der Waals surface area contributed by atoms with Gasteiger partial charge in [0.2, 0.25) is 0 Å². The number of hydrogen-bond donors (Lipinski definition) is 0. The lowest BCUT2D eigenvalue weighted by atomic mass is 9.45. The van der Waals surface area contributed by atoms with Crippen molar-refractivity contribution >= 4 is 15.9 Å². The fraction of sp³-hybridized carbons (Fsp3) is 0.800. The molecule has 3 heteroatoms. The molecule has 0 unspecified atom stereocenters. The summed E-state index contributed by atoms with van der Waals surface area (Å²) in [5.41, 5.74) is 2.25. The Hall–Kier alpha value is -0.120. The molecule has 0 N–H and O–H groups in total. The Morgan fingerprint density at radius 3 is 2.74 bits per heavy atom. The molecule has 1 saturated heterocycles. The Morgan fingerprint density at radius 1 is 1.17 bits per heavy atom. The van der Waals surface area contributed by atoms with E-state index in [1.165, 1.54) is 48.6 Å². The maximum Gasteiger partial charge on any atom is 0.175 e. The first kappa shape index (κ1) is 15.2. The average molecular weight is 379 g/mol. The SMILES string of the molecule is C=C1C[C@@]23CC[C@@H]4C(Br)=CCC[C@@]4(C)[C@@H]2CC2(OCCO2)[C@@H]1C3. The molecule has 1 aliphatic heterocycles. The van der Waals surface area contributed by atoms with Gasteiger partial charge in [-0.2, -0.15) is 0 Å². The van der Waals surface area contributed by atoms with E-state index in [1.807, 2.05) is 0 Å². The van der Waals surface area contributed by atoms with Crippen LogP contribution >= 0.6 is 15.9 Å². The zero-order valence-corrected chi connectivity index (χ0v) is 15.7. The standard InChI is InChI=1S/C20H27BrO2/c1-13-10-19-7-5-14-16(21)4-3-6-18(14,2)17(19)12-20(15(13)11-19)22-8-9-23-20/h4,14-15,17H,1,3,5-12H2,2H3/t14-,15-,17+,18-,19-/m1/s1. The molecule has 0 aromatic rings. The molecule has 126 valence electrons. The molecule has 2 nitrogen and oxygen atoms in total. The molecule has 5 aliphatic rings. The van der Waals surface area contributed by atoms with Gasteiger partial charge < -0.3 is 9.47 Å². The van der Waals surface area contributed by atoms with Crippen LogP contribution in [0, 0.1) is 28.6 Å². The van der Waals surface area contributed by atoms with Crippen molar-refractivity contribution in [1.82, 2.24) is 0 Å². The van der Waals surface area contributed by atoms with Crippen LogP contribution in [0.4, 0.5) is 0 Å². The largest absolute Gasteiger partial charge is 0.347 e. The molecule has 4 fully saturated rings.